The molecule has 7 nitrogen and oxygen atoms in total. The van der Waals surface area contributed by atoms with Crippen LogP contribution in [0.4, 0.5) is 0 Å². The SMILES string of the molecule is O=C(c1cccnc1)N1C[C@H]2C[C@@H](N3CCCC3)[C@H](O)C[C@H]2C1.O=CO. The van der Waals surface area contributed by atoms with Gasteiger partial charge in [0, 0.05) is 31.5 Å². The predicted octanol–water partition coefficient (Wildman–Crippen LogP) is 1.09. The van der Waals surface area contributed by atoms with E-state index in [-0.39, 0.29) is 18.5 Å². The number of amides is 1. The number of carbonyl (C=O) groups is 2. The van der Waals surface area contributed by atoms with Gasteiger partial charge in [0.25, 0.3) is 12.4 Å². The highest BCUT2D eigenvalue weighted by Crippen LogP contribution is 2.39. The summed E-state index contributed by atoms with van der Waals surface area (Å²) in [5.41, 5.74) is 0.669. The van der Waals surface area contributed by atoms with Crippen molar-refractivity contribution < 1.29 is 19.8 Å². The zero-order valence-corrected chi connectivity index (χ0v) is 14.9. The molecule has 7 heteroatoms. The number of likely N-dealkylation sites (tertiary alicyclic amines) is 2. The summed E-state index contributed by atoms with van der Waals surface area (Å²) in [5.74, 6) is 1.06. The highest BCUT2D eigenvalue weighted by atomic mass is 16.3. The Kier molecular flexibility index (Phi) is 6.21. The fourth-order valence-corrected chi connectivity index (χ4v) is 4.71. The summed E-state index contributed by atoms with van der Waals surface area (Å²) in [7, 11) is 0. The Balaban J connectivity index is 0.000000613. The fourth-order valence-electron chi connectivity index (χ4n) is 4.71. The number of nitrogens with zero attached hydrogens (tertiary/aromatic N) is 3. The van der Waals surface area contributed by atoms with E-state index in [9.17, 15) is 9.90 Å². The molecule has 1 amide bonds. The van der Waals surface area contributed by atoms with E-state index in [0.717, 1.165) is 39.0 Å². The van der Waals surface area contributed by atoms with Crippen molar-refractivity contribution in [3.8, 4) is 0 Å². The van der Waals surface area contributed by atoms with E-state index in [1.165, 1.54) is 12.8 Å². The Hall–Kier alpha value is -1.99. The normalized spacial score (nSPS) is 31.0. The van der Waals surface area contributed by atoms with Crippen LogP contribution in [0.3, 0.4) is 0 Å². The monoisotopic (exact) mass is 361 g/mol. The largest absolute Gasteiger partial charge is 0.483 e. The van der Waals surface area contributed by atoms with E-state index in [1.54, 1.807) is 12.4 Å². The van der Waals surface area contributed by atoms with Gasteiger partial charge >= 0.3 is 0 Å². The first-order chi connectivity index (χ1) is 12.6. The lowest BCUT2D eigenvalue weighted by Crippen LogP contribution is -2.48. The summed E-state index contributed by atoms with van der Waals surface area (Å²) in [6, 6.07) is 3.94. The van der Waals surface area contributed by atoms with Gasteiger partial charge in [-0.15, -0.1) is 0 Å². The molecular formula is C19H27N3O4. The first-order valence-corrected chi connectivity index (χ1v) is 9.33. The molecule has 4 rings (SSSR count). The molecule has 0 bridgehead atoms. The average Bonchev–Trinajstić information content (AvgIpc) is 3.31. The van der Waals surface area contributed by atoms with Crippen LogP contribution in [0.5, 0.6) is 0 Å². The van der Waals surface area contributed by atoms with E-state index in [1.807, 2.05) is 17.0 Å². The maximum atomic E-state index is 12.6. The molecule has 2 aliphatic heterocycles. The minimum Gasteiger partial charge on any atom is -0.483 e. The molecule has 2 saturated heterocycles. The zero-order chi connectivity index (χ0) is 18.5. The van der Waals surface area contributed by atoms with Crippen LogP contribution in [0.15, 0.2) is 24.5 Å². The molecule has 1 aromatic heterocycles. The summed E-state index contributed by atoms with van der Waals surface area (Å²) in [4.78, 5) is 29.5. The van der Waals surface area contributed by atoms with Crippen LogP contribution in [-0.4, -0.2) is 75.7 Å². The fraction of sp³-hybridized carbons (Fsp3) is 0.632. The molecule has 0 radical (unpaired) electrons. The van der Waals surface area contributed by atoms with Gasteiger partial charge in [0.05, 0.1) is 11.7 Å². The number of carbonyl (C=O) groups excluding carboxylic acids is 1. The third-order valence-corrected chi connectivity index (χ3v) is 5.91. The van der Waals surface area contributed by atoms with Crippen molar-refractivity contribution in [2.24, 2.45) is 11.8 Å². The molecule has 0 unspecified atom stereocenters. The number of rotatable bonds is 2. The van der Waals surface area contributed by atoms with Crippen molar-refractivity contribution in [2.45, 2.75) is 37.8 Å². The highest BCUT2D eigenvalue weighted by molar-refractivity contribution is 5.94. The highest BCUT2D eigenvalue weighted by Gasteiger charge is 2.44. The molecule has 4 atom stereocenters. The third kappa shape index (κ3) is 4.04. The summed E-state index contributed by atoms with van der Waals surface area (Å²) in [5, 5.41) is 17.5. The lowest BCUT2D eigenvalue weighted by atomic mass is 9.77. The summed E-state index contributed by atoms with van der Waals surface area (Å²) >= 11 is 0. The number of pyridine rings is 1. The van der Waals surface area contributed by atoms with Crippen LogP contribution < -0.4 is 0 Å². The standard InChI is InChI=1S/C18H25N3O2.CH2O2/c22-17-9-15-12-21(18(23)13-4-3-5-19-10-13)11-14(15)8-16(17)20-6-1-2-7-20;2-1-3/h3-5,10,14-17,22H,1-2,6-9,11-12H2;1H,(H,2,3)/t14-,15+,16-,17-;/m1./s1. The van der Waals surface area contributed by atoms with Gasteiger partial charge in [-0.25, -0.2) is 0 Å². The second-order valence-electron chi connectivity index (χ2n) is 7.43. The molecule has 1 aromatic rings. The van der Waals surface area contributed by atoms with Crippen molar-refractivity contribution in [1.82, 2.24) is 14.8 Å². The van der Waals surface area contributed by atoms with Crippen molar-refractivity contribution >= 4 is 12.4 Å². The van der Waals surface area contributed by atoms with E-state index >= 15 is 0 Å². The van der Waals surface area contributed by atoms with Crippen molar-refractivity contribution in [3.63, 3.8) is 0 Å². The molecule has 3 heterocycles. The molecule has 0 aromatic carbocycles. The predicted molar refractivity (Wildman–Crippen MR) is 95.6 cm³/mol. The smallest absolute Gasteiger partial charge is 0.290 e. The van der Waals surface area contributed by atoms with Crippen molar-refractivity contribution in [2.75, 3.05) is 26.2 Å². The maximum Gasteiger partial charge on any atom is 0.290 e. The Bertz CT molecular complexity index is 606. The zero-order valence-electron chi connectivity index (χ0n) is 14.9. The molecule has 0 spiro atoms. The molecule has 1 aliphatic carbocycles. The van der Waals surface area contributed by atoms with Gasteiger partial charge in [-0.1, -0.05) is 0 Å². The van der Waals surface area contributed by atoms with Gasteiger partial charge < -0.3 is 15.1 Å². The lowest BCUT2D eigenvalue weighted by molar-refractivity contribution is -0.122. The Morgan fingerprint density at radius 2 is 1.85 bits per heavy atom. The van der Waals surface area contributed by atoms with Crippen LogP contribution in [-0.2, 0) is 4.79 Å². The molecule has 2 N–H and O–H groups in total. The van der Waals surface area contributed by atoms with E-state index < -0.39 is 0 Å². The van der Waals surface area contributed by atoms with E-state index in [4.69, 9.17) is 9.90 Å². The number of hydrogen-bond donors (Lipinski definition) is 2. The Morgan fingerprint density at radius 1 is 1.19 bits per heavy atom. The summed E-state index contributed by atoms with van der Waals surface area (Å²) in [6.45, 7) is 3.60. The van der Waals surface area contributed by atoms with E-state index in [0.29, 0.717) is 23.4 Å². The number of aliphatic hydroxyl groups excluding tert-OH is 1. The van der Waals surface area contributed by atoms with Gasteiger partial charge in [0.2, 0.25) is 0 Å². The Morgan fingerprint density at radius 3 is 2.46 bits per heavy atom. The molecule has 1 saturated carbocycles. The second-order valence-corrected chi connectivity index (χ2v) is 7.43. The van der Waals surface area contributed by atoms with E-state index in [2.05, 4.69) is 9.88 Å². The summed E-state index contributed by atoms with van der Waals surface area (Å²) in [6.07, 6.45) is 7.48. The topological polar surface area (TPSA) is 94.0 Å². The number of aromatic nitrogens is 1. The van der Waals surface area contributed by atoms with Crippen molar-refractivity contribution in [1.29, 1.82) is 0 Å². The molecule has 142 valence electrons. The van der Waals surface area contributed by atoms with Crippen LogP contribution in [0.25, 0.3) is 0 Å². The summed E-state index contributed by atoms with van der Waals surface area (Å²) < 4.78 is 0. The number of hydrogen-bond acceptors (Lipinski definition) is 5. The Labute approximate surface area is 153 Å². The maximum absolute atomic E-state index is 12.6. The van der Waals surface area contributed by atoms with Crippen LogP contribution >= 0.6 is 0 Å². The molecule has 3 fully saturated rings. The quantitative estimate of drug-likeness (QED) is 0.766. The van der Waals surface area contributed by atoms with Gasteiger partial charge in [-0.05, 0) is 62.7 Å². The number of carboxylic acid groups (broad SMARTS) is 1. The van der Waals surface area contributed by atoms with Gasteiger partial charge in [0.15, 0.2) is 0 Å². The third-order valence-electron chi connectivity index (χ3n) is 5.91. The van der Waals surface area contributed by atoms with Crippen LogP contribution in [0, 0.1) is 11.8 Å². The lowest BCUT2D eigenvalue weighted by Gasteiger charge is -2.40. The van der Waals surface area contributed by atoms with Gasteiger partial charge in [-0.2, -0.15) is 0 Å². The second kappa shape index (κ2) is 8.60. The minimum atomic E-state index is -0.250. The van der Waals surface area contributed by atoms with Gasteiger partial charge in [0.1, 0.15) is 0 Å². The molecular weight excluding hydrogens is 334 g/mol. The number of aliphatic hydroxyl groups is 1. The number of fused-ring (bicyclic) bond motifs is 1. The molecule has 26 heavy (non-hydrogen) atoms. The first-order valence-electron chi connectivity index (χ1n) is 9.33. The van der Waals surface area contributed by atoms with Crippen LogP contribution in [0.1, 0.15) is 36.0 Å². The molecule has 3 aliphatic rings. The van der Waals surface area contributed by atoms with Gasteiger partial charge in [-0.3, -0.25) is 19.5 Å². The first kappa shape index (κ1) is 18.8. The van der Waals surface area contributed by atoms with Crippen molar-refractivity contribution in [3.05, 3.63) is 30.1 Å². The van der Waals surface area contributed by atoms with Crippen LogP contribution in [0.2, 0.25) is 0 Å². The minimum absolute atomic E-state index is 0.0831. The average molecular weight is 361 g/mol.